The lowest BCUT2D eigenvalue weighted by molar-refractivity contribution is -0.148. The second kappa shape index (κ2) is 6.18. The zero-order valence-electron chi connectivity index (χ0n) is 10.5. The van der Waals surface area contributed by atoms with Crippen LogP contribution in [0.1, 0.15) is 11.6 Å². The molecule has 0 saturated carbocycles. The average Bonchev–Trinajstić information content (AvgIpc) is 2.46. The molecule has 8 nitrogen and oxygen atoms in total. The van der Waals surface area contributed by atoms with Crippen molar-refractivity contribution in [3.8, 4) is 0 Å². The molecule has 108 valence electrons. The molecule has 1 saturated heterocycles. The molecule has 0 aliphatic carbocycles. The summed E-state index contributed by atoms with van der Waals surface area (Å²) in [5, 5.41) is 9.71. The number of methoxy groups -OCH3 is 1. The van der Waals surface area contributed by atoms with E-state index in [1.165, 1.54) is 7.11 Å². The Morgan fingerprint density at radius 1 is 1.35 bits per heavy atom. The van der Waals surface area contributed by atoms with Gasteiger partial charge in [-0.25, -0.2) is 15.6 Å². The Morgan fingerprint density at radius 3 is 2.55 bits per heavy atom. The van der Waals surface area contributed by atoms with Crippen molar-refractivity contribution in [3.05, 3.63) is 34.3 Å². The van der Waals surface area contributed by atoms with Gasteiger partial charge in [-0.2, -0.15) is 5.12 Å². The number of hydrogen-bond acceptors (Lipinski definition) is 6. The van der Waals surface area contributed by atoms with E-state index in [1.807, 2.05) is 0 Å². The molecule has 0 aromatic heterocycles. The first-order valence-electron chi connectivity index (χ1n) is 5.66. The molecule has 1 aromatic rings. The summed E-state index contributed by atoms with van der Waals surface area (Å²) in [6.45, 7) is 0. The van der Waals surface area contributed by atoms with Crippen LogP contribution in [0.3, 0.4) is 0 Å². The third kappa shape index (κ3) is 3.07. The van der Waals surface area contributed by atoms with Gasteiger partial charge in [0.2, 0.25) is 0 Å². The van der Waals surface area contributed by atoms with Gasteiger partial charge in [-0.3, -0.25) is 4.79 Å². The van der Waals surface area contributed by atoms with Crippen LogP contribution in [0, 0.1) is 0 Å². The fourth-order valence-corrected chi connectivity index (χ4v) is 2.09. The lowest BCUT2D eigenvalue weighted by Gasteiger charge is -2.37. The Bertz CT molecular complexity index is 510. The highest BCUT2D eigenvalue weighted by atomic mass is 79.9. The van der Waals surface area contributed by atoms with Gasteiger partial charge in [0.1, 0.15) is 6.04 Å². The van der Waals surface area contributed by atoms with Crippen LogP contribution in [0.25, 0.3) is 0 Å². The van der Waals surface area contributed by atoms with Crippen molar-refractivity contribution in [2.75, 3.05) is 7.11 Å². The van der Waals surface area contributed by atoms with E-state index < -0.39 is 24.1 Å². The summed E-state index contributed by atoms with van der Waals surface area (Å²) in [6, 6.07) is 5.82. The van der Waals surface area contributed by atoms with E-state index in [-0.39, 0.29) is 0 Å². The molecule has 2 atom stereocenters. The van der Waals surface area contributed by atoms with Crippen LogP contribution >= 0.6 is 15.9 Å². The van der Waals surface area contributed by atoms with E-state index in [0.717, 1.165) is 15.2 Å². The zero-order valence-corrected chi connectivity index (χ0v) is 12.0. The third-order valence-electron chi connectivity index (χ3n) is 2.81. The first-order chi connectivity index (χ1) is 9.52. The predicted molar refractivity (Wildman–Crippen MR) is 72.0 cm³/mol. The third-order valence-corrected chi connectivity index (χ3v) is 3.34. The minimum absolute atomic E-state index is 0.511. The van der Waals surface area contributed by atoms with Crippen molar-refractivity contribution < 1.29 is 19.4 Å². The first kappa shape index (κ1) is 14.7. The Labute approximate surface area is 123 Å². The van der Waals surface area contributed by atoms with Gasteiger partial charge in [0.15, 0.2) is 0 Å². The second-order valence-electron chi connectivity index (χ2n) is 4.03. The van der Waals surface area contributed by atoms with Gasteiger partial charge < -0.3 is 9.84 Å². The molecule has 20 heavy (non-hydrogen) atoms. The van der Waals surface area contributed by atoms with Gasteiger partial charge in [-0.15, -0.1) is 5.53 Å². The van der Waals surface area contributed by atoms with Crippen LogP contribution in [0.5, 0.6) is 0 Å². The van der Waals surface area contributed by atoms with Crippen LogP contribution in [0.2, 0.25) is 0 Å². The molecule has 0 radical (unpaired) electrons. The van der Waals surface area contributed by atoms with E-state index in [1.54, 1.807) is 24.3 Å². The number of carbonyl (C=O) groups is 2. The van der Waals surface area contributed by atoms with Crippen LogP contribution in [0.4, 0.5) is 4.79 Å². The molecule has 9 heteroatoms. The van der Waals surface area contributed by atoms with Crippen molar-refractivity contribution in [1.29, 1.82) is 0 Å². The predicted octanol–water partition coefficient (Wildman–Crippen LogP) is 0.539. The molecule has 1 aliphatic heterocycles. The number of ether oxygens (including phenoxy) is 1. The molecule has 0 bridgehead atoms. The van der Waals surface area contributed by atoms with Crippen LogP contribution in [0.15, 0.2) is 28.7 Å². The lowest BCUT2D eigenvalue weighted by atomic mass is 10.00. The van der Waals surface area contributed by atoms with Gasteiger partial charge in [0, 0.05) is 4.47 Å². The van der Waals surface area contributed by atoms with E-state index in [0.29, 0.717) is 0 Å². The van der Waals surface area contributed by atoms with E-state index >= 15 is 0 Å². The standard InChI is InChI=1S/C11H13BrN4O4/c1-20-10(17)9-8(6-2-4-7(12)5-3-6)14-16(11(18)19)15-13-9/h2-5,8-9,13-15H,1H3,(H,18,19). The minimum Gasteiger partial charge on any atom is -0.468 e. The molecule has 2 unspecified atom stereocenters. The Hall–Kier alpha value is -1.68. The monoisotopic (exact) mass is 344 g/mol. The first-order valence-corrected chi connectivity index (χ1v) is 6.46. The largest absolute Gasteiger partial charge is 0.468 e. The molecular weight excluding hydrogens is 332 g/mol. The molecule has 1 aromatic carbocycles. The summed E-state index contributed by atoms with van der Waals surface area (Å²) in [6.07, 6.45) is -1.23. The molecule has 1 fully saturated rings. The highest BCUT2D eigenvalue weighted by molar-refractivity contribution is 9.10. The van der Waals surface area contributed by atoms with Crippen molar-refractivity contribution in [2.24, 2.45) is 0 Å². The maximum Gasteiger partial charge on any atom is 0.438 e. The molecule has 1 aliphatic rings. The summed E-state index contributed by atoms with van der Waals surface area (Å²) in [4.78, 5) is 22.7. The summed E-state index contributed by atoms with van der Waals surface area (Å²) < 4.78 is 5.59. The highest BCUT2D eigenvalue weighted by Gasteiger charge is 2.37. The summed E-state index contributed by atoms with van der Waals surface area (Å²) in [5.74, 6) is -0.511. The lowest BCUT2D eigenvalue weighted by Crippen LogP contribution is -2.69. The molecule has 1 heterocycles. The van der Waals surface area contributed by atoms with Crippen molar-refractivity contribution in [2.45, 2.75) is 12.1 Å². The number of hydrazine groups is 3. The molecular formula is C11H13BrN4O4. The highest BCUT2D eigenvalue weighted by Crippen LogP contribution is 2.22. The summed E-state index contributed by atoms with van der Waals surface area (Å²) >= 11 is 3.32. The van der Waals surface area contributed by atoms with Gasteiger partial charge in [-0.05, 0) is 17.7 Å². The Morgan fingerprint density at radius 2 is 2.00 bits per heavy atom. The number of carboxylic acid groups (broad SMARTS) is 1. The number of benzene rings is 1. The van der Waals surface area contributed by atoms with E-state index in [9.17, 15) is 9.59 Å². The molecule has 2 rings (SSSR count). The van der Waals surface area contributed by atoms with Crippen molar-refractivity contribution >= 4 is 28.0 Å². The zero-order chi connectivity index (χ0) is 14.7. The number of hydrogen-bond donors (Lipinski definition) is 4. The average molecular weight is 345 g/mol. The van der Waals surface area contributed by atoms with Gasteiger partial charge in [0.05, 0.1) is 13.2 Å². The second-order valence-corrected chi connectivity index (χ2v) is 4.95. The quantitative estimate of drug-likeness (QED) is 0.580. The Kier molecular flexibility index (Phi) is 4.55. The van der Waals surface area contributed by atoms with Crippen LogP contribution in [-0.4, -0.2) is 35.4 Å². The SMILES string of the molecule is COC(=O)C1NNN(C(=O)O)NC1c1ccc(Br)cc1. The number of amides is 1. The van der Waals surface area contributed by atoms with Gasteiger partial charge in [-0.1, -0.05) is 28.1 Å². The summed E-state index contributed by atoms with van der Waals surface area (Å²) in [7, 11) is 1.27. The number of rotatable bonds is 2. The van der Waals surface area contributed by atoms with E-state index in [4.69, 9.17) is 9.84 Å². The number of esters is 1. The van der Waals surface area contributed by atoms with Crippen molar-refractivity contribution in [1.82, 2.24) is 21.5 Å². The van der Waals surface area contributed by atoms with Gasteiger partial charge in [0.25, 0.3) is 0 Å². The number of nitrogens with one attached hydrogen (secondary N) is 3. The number of nitrogens with zero attached hydrogens (tertiary/aromatic N) is 1. The van der Waals surface area contributed by atoms with Crippen LogP contribution in [-0.2, 0) is 9.53 Å². The molecule has 0 spiro atoms. The molecule has 4 N–H and O–H groups in total. The minimum atomic E-state index is -1.23. The molecule has 1 amide bonds. The van der Waals surface area contributed by atoms with E-state index in [2.05, 4.69) is 32.3 Å². The summed E-state index contributed by atoms with van der Waals surface area (Å²) in [5.41, 5.74) is 8.41. The topological polar surface area (TPSA) is 103 Å². The number of halogens is 1. The fourth-order valence-electron chi connectivity index (χ4n) is 1.83. The smallest absolute Gasteiger partial charge is 0.438 e. The van der Waals surface area contributed by atoms with Gasteiger partial charge >= 0.3 is 12.1 Å². The fraction of sp³-hybridized carbons (Fsp3) is 0.273. The normalized spacial score (nSPS) is 22.4. The maximum atomic E-state index is 11.8. The Balaban J connectivity index is 2.27. The number of carbonyl (C=O) groups excluding carboxylic acids is 1. The van der Waals surface area contributed by atoms with Crippen molar-refractivity contribution in [3.63, 3.8) is 0 Å². The maximum absolute atomic E-state index is 11.8. The van der Waals surface area contributed by atoms with Crippen LogP contribution < -0.4 is 16.4 Å².